The van der Waals surface area contributed by atoms with Gasteiger partial charge in [-0.2, -0.15) is 23.4 Å². The number of rotatable bonds is 5. The van der Waals surface area contributed by atoms with Crippen molar-refractivity contribution in [2.75, 3.05) is 18.7 Å². The van der Waals surface area contributed by atoms with Gasteiger partial charge in [0.15, 0.2) is 11.5 Å². The SMILES string of the molecule is COc1ccc(C(=O)NN(CC(C)(C)C)c2cc(C(F)(F)F)nc(C#N)n2)cc1. The van der Waals surface area contributed by atoms with Crippen molar-refractivity contribution in [2.45, 2.75) is 26.9 Å². The molecule has 1 amide bonds. The zero-order chi connectivity index (χ0) is 21.8. The average molecular weight is 407 g/mol. The van der Waals surface area contributed by atoms with E-state index in [1.165, 1.54) is 30.3 Å². The van der Waals surface area contributed by atoms with Gasteiger partial charge in [-0.1, -0.05) is 20.8 Å². The molecule has 0 aliphatic carbocycles. The molecule has 0 bridgehead atoms. The van der Waals surface area contributed by atoms with Crippen LogP contribution in [0.1, 0.15) is 42.6 Å². The highest BCUT2D eigenvalue weighted by Gasteiger charge is 2.35. The summed E-state index contributed by atoms with van der Waals surface area (Å²) in [4.78, 5) is 19.7. The Kier molecular flexibility index (Phi) is 6.31. The molecule has 1 aromatic carbocycles. The fraction of sp³-hybridized carbons (Fsp3) is 0.368. The molecule has 1 N–H and O–H groups in total. The maximum atomic E-state index is 13.2. The minimum atomic E-state index is -4.77. The fourth-order valence-electron chi connectivity index (χ4n) is 2.35. The van der Waals surface area contributed by atoms with E-state index in [0.717, 1.165) is 0 Å². The van der Waals surface area contributed by atoms with Crippen molar-refractivity contribution in [3.05, 3.63) is 47.4 Å². The molecule has 0 unspecified atom stereocenters. The van der Waals surface area contributed by atoms with Crippen LogP contribution in [-0.4, -0.2) is 29.5 Å². The molecule has 1 heterocycles. The number of nitriles is 1. The molecule has 10 heteroatoms. The standard InChI is InChI=1S/C19H20F3N5O2/c1-18(2,3)11-27(26-17(28)12-5-7-13(29-4)8-6-12)16-9-14(19(20,21)22)24-15(10-23)25-16/h5-9H,11H2,1-4H3,(H,26,28). The van der Waals surface area contributed by atoms with Gasteiger partial charge in [-0.25, -0.2) is 4.98 Å². The highest BCUT2D eigenvalue weighted by atomic mass is 19.4. The first kappa shape index (κ1) is 21.9. The summed E-state index contributed by atoms with van der Waals surface area (Å²) in [5, 5.41) is 10.2. The van der Waals surface area contributed by atoms with E-state index in [-0.39, 0.29) is 17.9 Å². The predicted molar refractivity (Wildman–Crippen MR) is 99.0 cm³/mol. The molecule has 0 fully saturated rings. The van der Waals surface area contributed by atoms with Crippen molar-refractivity contribution >= 4 is 11.7 Å². The quantitative estimate of drug-likeness (QED) is 0.762. The van der Waals surface area contributed by atoms with Gasteiger partial charge in [0.05, 0.1) is 7.11 Å². The summed E-state index contributed by atoms with van der Waals surface area (Å²) in [6.07, 6.45) is -4.77. The van der Waals surface area contributed by atoms with Gasteiger partial charge in [0.2, 0.25) is 5.82 Å². The lowest BCUT2D eigenvalue weighted by Crippen LogP contribution is -2.47. The van der Waals surface area contributed by atoms with Crippen molar-refractivity contribution in [1.82, 2.24) is 15.4 Å². The number of methoxy groups -OCH3 is 1. The third-order valence-electron chi connectivity index (χ3n) is 3.60. The molecule has 0 saturated carbocycles. The average Bonchev–Trinajstić information content (AvgIpc) is 2.65. The van der Waals surface area contributed by atoms with Gasteiger partial charge in [0.1, 0.15) is 11.8 Å². The molecule has 0 aliphatic heterocycles. The minimum Gasteiger partial charge on any atom is -0.497 e. The Morgan fingerprint density at radius 3 is 2.31 bits per heavy atom. The van der Waals surface area contributed by atoms with E-state index in [4.69, 9.17) is 10.00 Å². The van der Waals surface area contributed by atoms with E-state index in [0.29, 0.717) is 11.8 Å². The summed E-state index contributed by atoms with van der Waals surface area (Å²) in [5.74, 6) is -0.881. The van der Waals surface area contributed by atoms with Crippen LogP contribution in [0.4, 0.5) is 19.0 Å². The van der Waals surface area contributed by atoms with E-state index >= 15 is 0 Å². The molecule has 154 valence electrons. The molecule has 2 aromatic rings. The van der Waals surface area contributed by atoms with Crippen molar-refractivity contribution in [3.63, 3.8) is 0 Å². The first-order valence-electron chi connectivity index (χ1n) is 8.52. The molecular weight excluding hydrogens is 387 g/mol. The first-order chi connectivity index (χ1) is 13.4. The summed E-state index contributed by atoms with van der Waals surface area (Å²) in [6.45, 7) is 5.66. The van der Waals surface area contributed by atoms with Gasteiger partial charge < -0.3 is 4.74 Å². The molecule has 0 radical (unpaired) electrons. The number of hydrogen-bond acceptors (Lipinski definition) is 6. The molecule has 7 nitrogen and oxygen atoms in total. The van der Waals surface area contributed by atoms with Crippen LogP contribution in [0.5, 0.6) is 5.75 Å². The van der Waals surface area contributed by atoms with Crippen molar-refractivity contribution in [1.29, 1.82) is 5.26 Å². The summed E-state index contributed by atoms with van der Waals surface area (Å²) in [6, 6.07) is 8.43. The minimum absolute atomic E-state index is 0.133. The maximum absolute atomic E-state index is 13.2. The molecule has 0 saturated heterocycles. The number of anilines is 1. The molecule has 29 heavy (non-hydrogen) atoms. The second-order valence-corrected chi connectivity index (χ2v) is 7.36. The number of hydrazine groups is 1. The number of nitrogens with one attached hydrogen (secondary N) is 1. The third kappa shape index (κ3) is 6.07. The number of carbonyl (C=O) groups excluding carboxylic acids is 1. The van der Waals surface area contributed by atoms with Crippen LogP contribution in [0.3, 0.4) is 0 Å². The number of hydrogen-bond donors (Lipinski definition) is 1. The topological polar surface area (TPSA) is 91.1 Å². The van der Waals surface area contributed by atoms with Gasteiger partial charge in [-0.15, -0.1) is 0 Å². The van der Waals surface area contributed by atoms with E-state index in [9.17, 15) is 18.0 Å². The largest absolute Gasteiger partial charge is 0.497 e. The van der Waals surface area contributed by atoms with Crippen LogP contribution >= 0.6 is 0 Å². The highest BCUT2D eigenvalue weighted by Crippen LogP contribution is 2.30. The van der Waals surface area contributed by atoms with Gasteiger partial charge >= 0.3 is 6.18 Å². The molecule has 0 atom stereocenters. The molecule has 0 aliphatic rings. The van der Waals surface area contributed by atoms with Gasteiger partial charge in [0.25, 0.3) is 5.91 Å². The first-order valence-corrected chi connectivity index (χ1v) is 8.52. The number of aromatic nitrogens is 2. The number of alkyl halides is 3. The van der Waals surface area contributed by atoms with E-state index < -0.39 is 29.0 Å². The zero-order valence-electron chi connectivity index (χ0n) is 16.3. The third-order valence-corrected chi connectivity index (χ3v) is 3.60. The lowest BCUT2D eigenvalue weighted by molar-refractivity contribution is -0.141. The Bertz CT molecular complexity index is 915. The lowest BCUT2D eigenvalue weighted by Gasteiger charge is -2.31. The predicted octanol–water partition coefficient (Wildman–Crippen LogP) is 3.57. The van der Waals surface area contributed by atoms with Gasteiger partial charge in [-0.3, -0.25) is 15.2 Å². The molecule has 2 rings (SSSR count). The Morgan fingerprint density at radius 2 is 1.83 bits per heavy atom. The number of amides is 1. The Hall–Kier alpha value is -3.35. The highest BCUT2D eigenvalue weighted by molar-refractivity contribution is 5.95. The lowest BCUT2D eigenvalue weighted by atomic mass is 9.96. The second-order valence-electron chi connectivity index (χ2n) is 7.36. The van der Waals surface area contributed by atoms with Crippen molar-refractivity contribution in [2.24, 2.45) is 5.41 Å². The number of ether oxygens (including phenoxy) is 1. The van der Waals surface area contributed by atoms with E-state index in [2.05, 4.69) is 15.4 Å². The maximum Gasteiger partial charge on any atom is 0.433 e. The van der Waals surface area contributed by atoms with Crippen LogP contribution in [0.25, 0.3) is 0 Å². The zero-order valence-corrected chi connectivity index (χ0v) is 16.3. The number of nitrogens with zero attached hydrogens (tertiary/aromatic N) is 4. The number of carbonyl (C=O) groups is 1. The molecule has 0 spiro atoms. The van der Waals surface area contributed by atoms with Crippen LogP contribution in [0.2, 0.25) is 0 Å². The van der Waals surface area contributed by atoms with E-state index in [1.54, 1.807) is 12.1 Å². The van der Waals surface area contributed by atoms with Crippen molar-refractivity contribution in [3.8, 4) is 11.8 Å². The fourth-order valence-corrected chi connectivity index (χ4v) is 2.35. The van der Waals surface area contributed by atoms with E-state index in [1.807, 2.05) is 20.8 Å². The molecule has 1 aromatic heterocycles. The van der Waals surface area contributed by atoms with Crippen LogP contribution in [-0.2, 0) is 6.18 Å². The van der Waals surface area contributed by atoms with Crippen LogP contribution in [0.15, 0.2) is 30.3 Å². The Balaban J connectivity index is 2.42. The summed E-state index contributed by atoms with van der Waals surface area (Å²) in [5.41, 5.74) is 1.15. The number of benzene rings is 1. The Morgan fingerprint density at radius 1 is 1.21 bits per heavy atom. The van der Waals surface area contributed by atoms with Crippen LogP contribution in [0, 0.1) is 16.7 Å². The normalized spacial score (nSPS) is 11.5. The number of halogens is 3. The van der Waals surface area contributed by atoms with Gasteiger partial charge in [0, 0.05) is 18.2 Å². The van der Waals surface area contributed by atoms with Crippen LogP contribution < -0.4 is 15.2 Å². The molecular formula is C19H20F3N5O2. The summed E-state index contributed by atoms with van der Waals surface area (Å²) < 4.78 is 44.5. The van der Waals surface area contributed by atoms with Gasteiger partial charge in [-0.05, 0) is 29.7 Å². The monoisotopic (exact) mass is 407 g/mol. The van der Waals surface area contributed by atoms with Crippen molar-refractivity contribution < 1.29 is 22.7 Å². The summed E-state index contributed by atoms with van der Waals surface area (Å²) in [7, 11) is 1.49. The smallest absolute Gasteiger partial charge is 0.433 e. The Labute approximate surface area is 166 Å². The summed E-state index contributed by atoms with van der Waals surface area (Å²) >= 11 is 0. The second kappa shape index (κ2) is 8.34.